The maximum atomic E-state index is 14.4. The number of hydrogen-bond donors (Lipinski definition) is 1. The molecule has 244 valence electrons. The third-order valence-electron chi connectivity index (χ3n) is 14.6. The fourth-order valence-electron chi connectivity index (χ4n) is 12.0. The first-order chi connectivity index (χ1) is 21.7. The maximum absolute atomic E-state index is 14.4. The molecule has 0 radical (unpaired) electrons. The van der Waals surface area contributed by atoms with Gasteiger partial charge >= 0.3 is 0 Å². The molecule has 0 aromatic carbocycles. The van der Waals surface area contributed by atoms with Crippen LogP contribution in [0.5, 0.6) is 0 Å². The van der Waals surface area contributed by atoms with Crippen molar-refractivity contribution in [1.82, 2.24) is 9.97 Å². The Hall–Kier alpha value is -3.08. The second kappa shape index (κ2) is 10.5. The number of nitrogens with zero attached hydrogens (tertiary/aromatic N) is 2. The molecule has 1 N–H and O–H groups in total. The third-order valence-corrected chi connectivity index (χ3v) is 14.6. The molecule has 2 aromatic rings. The van der Waals surface area contributed by atoms with Gasteiger partial charge in [0.25, 0.3) is 0 Å². The van der Waals surface area contributed by atoms with Crippen molar-refractivity contribution < 1.29 is 9.59 Å². The van der Waals surface area contributed by atoms with E-state index in [0.717, 1.165) is 68.9 Å². The van der Waals surface area contributed by atoms with Crippen LogP contribution in [-0.2, 0) is 9.59 Å². The molecular formula is C41H53N3O2. The van der Waals surface area contributed by atoms with Crippen molar-refractivity contribution in [3.63, 3.8) is 0 Å². The summed E-state index contributed by atoms with van der Waals surface area (Å²) in [6, 6.07) is 9.76. The average molecular weight is 620 g/mol. The van der Waals surface area contributed by atoms with Crippen LogP contribution in [0.1, 0.15) is 112 Å². The zero-order valence-corrected chi connectivity index (χ0v) is 29.1. The van der Waals surface area contributed by atoms with Gasteiger partial charge in [-0.2, -0.15) is 0 Å². The Morgan fingerprint density at radius 1 is 0.891 bits per heavy atom. The van der Waals surface area contributed by atoms with Crippen LogP contribution in [0.15, 0.2) is 66.1 Å². The first-order valence-corrected chi connectivity index (χ1v) is 17.7. The number of nitrogens with one attached hydrogen (secondary N) is 1. The number of Topliss-reactive ketones (excluding diaryl/α,β-unsaturated/α-hetero) is 1. The van der Waals surface area contributed by atoms with Gasteiger partial charge in [0.15, 0.2) is 5.78 Å². The molecule has 0 unspecified atom stereocenters. The summed E-state index contributed by atoms with van der Waals surface area (Å²) in [5.41, 5.74) is 3.08. The molecule has 1 amide bonds. The average Bonchev–Trinajstić information content (AvgIpc) is 3.01. The van der Waals surface area contributed by atoms with E-state index in [0.29, 0.717) is 23.4 Å². The summed E-state index contributed by atoms with van der Waals surface area (Å²) < 4.78 is 0. The van der Waals surface area contributed by atoms with Gasteiger partial charge in [-0.1, -0.05) is 66.2 Å². The minimum atomic E-state index is -0.406. The van der Waals surface area contributed by atoms with E-state index in [9.17, 15) is 9.59 Å². The molecule has 2 aromatic heterocycles. The van der Waals surface area contributed by atoms with Crippen LogP contribution in [0.3, 0.4) is 0 Å². The fraction of sp³-hybridized carbons (Fsp3) is 0.610. The molecule has 5 aliphatic rings. The highest BCUT2D eigenvalue weighted by Crippen LogP contribution is 2.75. The highest BCUT2D eigenvalue weighted by molar-refractivity contribution is 6.04. The number of pyridine rings is 2. The minimum absolute atomic E-state index is 0.00500. The van der Waals surface area contributed by atoms with Gasteiger partial charge in [0, 0.05) is 24.0 Å². The first kappa shape index (κ1) is 31.5. The van der Waals surface area contributed by atoms with Gasteiger partial charge in [-0.05, 0) is 139 Å². The van der Waals surface area contributed by atoms with E-state index in [1.165, 1.54) is 0 Å². The van der Waals surface area contributed by atoms with E-state index >= 15 is 0 Å². The maximum Gasteiger partial charge on any atom is 0.232 e. The van der Waals surface area contributed by atoms with E-state index in [1.54, 1.807) is 11.8 Å². The predicted octanol–water partition coefficient (Wildman–Crippen LogP) is 9.48. The highest BCUT2D eigenvalue weighted by Gasteiger charge is 2.69. The lowest BCUT2D eigenvalue weighted by Gasteiger charge is -2.70. The van der Waals surface area contributed by atoms with E-state index in [4.69, 9.17) is 0 Å². The SMILES string of the molecule is CC1(C)CC[C@]2(C(=O)Nc3ccccn3)CC[C@]3(C)C(=CC[C@@H]4[C@@]5(C)C/C(=C/c6ccncc6)C(=O)C(C)(C)[C@@H]5CC[C@]43C)[C@@H]2C1. The van der Waals surface area contributed by atoms with E-state index in [1.807, 2.05) is 42.7 Å². The molecule has 4 saturated carbocycles. The van der Waals surface area contributed by atoms with Gasteiger partial charge in [0.2, 0.25) is 5.91 Å². The summed E-state index contributed by atoms with van der Waals surface area (Å²) in [4.78, 5) is 37.1. The van der Waals surface area contributed by atoms with Crippen molar-refractivity contribution >= 4 is 23.6 Å². The molecule has 5 heteroatoms. The van der Waals surface area contributed by atoms with E-state index in [2.05, 4.69) is 75.9 Å². The molecule has 7 atom stereocenters. The standard InChI is InChI=1S/C41H53N3O2/c1-36(2)17-19-41(35(46)44-33-10-8-9-21-43-33)20-18-39(6)29(30(41)26-36)11-12-32-38(5)25-28(24-27-14-22-42-23-15-27)34(45)37(3,4)31(38)13-16-40(32,39)7/h8-11,14-15,21-24,30-32H,12-13,16-20,25-26H2,1-7H3,(H,43,44,46)/b28-24-/t30-,31-,32+,38-,39+,40+,41-/m0/s1. The topological polar surface area (TPSA) is 72.0 Å². The Kier molecular flexibility index (Phi) is 7.17. The van der Waals surface area contributed by atoms with Crippen molar-refractivity contribution in [3.8, 4) is 0 Å². The van der Waals surface area contributed by atoms with Gasteiger partial charge in [-0.15, -0.1) is 0 Å². The summed E-state index contributed by atoms with van der Waals surface area (Å²) in [6.07, 6.45) is 19.2. The van der Waals surface area contributed by atoms with Crippen molar-refractivity contribution in [3.05, 3.63) is 71.7 Å². The normalized spacial score (nSPS) is 40.1. The van der Waals surface area contributed by atoms with Crippen LogP contribution in [0.2, 0.25) is 0 Å². The number of hydrogen-bond acceptors (Lipinski definition) is 4. The molecule has 46 heavy (non-hydrogen) atoms. The Labute approximate surface area is 276 Å². The van der Waals surface area contributed by atoms with Crippen LogP contribution < -0.4 is 5.32 Å². The van der Waals surface area contributed by atoms with Gasteiger partial charge in [-0.3, -0.25) is 14.6 Å². The Morgan fingerprint density at radius 3 is 2.35 bits per heavy atom. The Balaban J connectivity index is 1.29. The van der Waals surface area contributed by atoms with Crippen LogP contribution in [0, 0.1) is 50.2 Å². The molecule has 0 spiro atoms. The van der Waals surface area contributed by atoms with Crippen molar-refractivity contribution in [2.75, 3.05) is 5.32 Å². The number of amides is 1. The summed E-state index contributed by atoms with van der Waals surface area (Å²) in [7, 11) is 0. The summed E-state index contributed by atoms with van der Waals surface area (Å²) >= 11 is 0. The number of ketones is 1. The summed E-state index contributed by atoms with van der Waals surface area (Å²) in [6.45, 7) is 16.9. The second-order valence-electron chi connectivity index (χ2n) is 17.7. The zero-order valence-electron chi connectivity index (χ0n) is 29.1. The molecule has 7 rings (SSSR count). The molecular weight excluding hydrogens is 566 g/mol. The number of anilines is 1. The van der Waals surface area contributed by atoms with Gasteiger partial charge in [0.1, 0.15) is 5.82 Å². The number of carbonyl (C=O) groups is 2. The number of carbonyl (C=O) groups excluding carboxylic acids is 2. The first-order valence-electron chi connectivity index (χ1n) is 17.7. The van der Waals surface area contributed by atoms with Crippen LogP contribution >= 0.6 is 0 Å². The second-order valence-corrected chi connectivity index (χ2v) is 17.7. The number of allylic oxidation sites excluding steroid dienone is 3. The van der Waals surface area contributed by atoms with Crippen molar-refractivity contribution in [2.45, 2.75) is 106 Å². The third kappa shape index (κ3) is 4.46. The smallest absolute Gasteiger partial charge is 0.232 e. The molecule has 0 aliphatic heterocycles. The number of fused-ring (bicyclic) bond motifs is 7. The fourth-order valence-corrected chi connectivity index (χ4v) is 12.0. The van der Waals surface area contributed by atoms with Crippen molar-refractivity contribution in [2.24, 2.45) is 50.2 Å². The monoisotopic (exact) mass is 619 g/mol. The summed E-state index contributed by atoms with van der Waals surface area (Å²) in [5, 5.41) is 3.26. The highest BCUT2D eigenvalue weighted by atomic mass is 16.2. The lowest BCUT2D eigenvalue weighted by atomic mass is 9.33. The molecule has 5 aliphatic carbocycles. The molecule has 4 fully saturated rings. The molecule has 0 saturated heterocycles. The van der Waals surface area contributed by atoms with Crippen LogP contribution in [0.25, 0.3) is 6.08 Å². The Bertz CT molecular complexity index is 1610. The molecule has 2 heterocycles. The lowest BCUT2D eigenvalue weighted by Crippen LogP contribution is -2.65. The largest absolute Gasteiger partial charge is 0.310 e. The number of rotatable bonds is 3. The minimum Gasteiger partial charge on any atom is -0.310 e. The molecule has 0 bridgehead atoms. The van der Waals surface area contributed by atoms with Crippen LogP contribution in [0.4, 0.5) is 5.82 Å². The van der Waals surface area contributed by atoms with Crippen LogP contribution in [-0.4, -0.2) is 21.7 Å². The van der Waals surface area contributed by atoms with Gasteiger partial charge in [-0.25, -0.2) is 4.98 Å². The van der Waals surface area contributed by atoms with E-state index in [-0.39, 0.29) is 33.5 Å². The van der Waals surface area contributed by atoms with Gasteiger partial charge < -0.3 is 5.32 Å². The Morgan fingerprint density at radius 2 is 1.63 bits per heavy atom. The zero-order chi connectivity index (χ0) is 32.8. The predicted molar refractivity (Wildman–Crippen MR) is 185 cm³/mol. The number of aromatic nitrogens is 2. The quantitative estimate of drug-likeness (QED) is 0.274. The summed E-state index contributed by atoms with van der Waals surface area (Å²) in [5.74, 6) is 2.18. The van der Waals surface area contributed by atoms with Gasteiger partial charge in [0.05, 0.1) is 5.41 Å². The van der Waals surface area contributed by atoms with Crippen molar-refractivity contribution in [1.29, 1.82) is 0 Å². The lowest BCUT2D eigenvalue weighted by molar-refractivity contribution is -0.178. The molecule has 5 nitrogen and oxygen atoms in total. The van der Waals surface area contributed by atoms with E-state index < -0.39 is 10.8 Å².